The van der Waals surface area contributed by atoms with Crippen molar-refractivity contribution in [3.8, 4) is 39.8 Å². The standard InChI is InChI=1S/C31H25NO3/c33-25-18-16-24(17-19-25)23-14-12-22(13-15-23)7-5-6-20-32-31(34)35-21-30-28-10-3-1-8-26(28)27-9-2-4-11-29(27)30/h1-4,8-19,30,33H,6,20-21H2,(H,32,34). The van der Waals surface area contributed by atoms with Crippen LogP contribution < -0.4 is 5.32 Å². The minimum Gasteiger partial charge on any atom is -0.508 e. The van der Waals surface area contributed by atoms with Gasteiger partial charge in [-0.15, -0.1) is 0 Å². The zero-order valence-corrected chi connectivity index (χ0v) is 19.2. The Hall–Kier alpha value is -4.49. The Kier molecular flexibility index (Phi) is 6.50. The molecular weight excluding hydrogens is 434 g/mol. The van der Waals surface area contributed by atoms with Gasteiger partial charge >= 0.3 is 6.09 Å². The first-order valence-electron chi connectivity index (χ1n) is 11.7. The predicted molar refractivity (Wildman–Crippen MR) is 138 cm³/mol. The molecule has 172 valence electrons. The van der Waals surface area contributed by atoms with E-state index in [9.17, 15) is 9.90 Å². The molecule has 0 bridgehead atoms. The third-order valence-corrected chi connectivity index (χ3v) is 6.18. The van der Waals surface area contributed by atoms with Crippen molar-refractivity contribution in [3.63, 3.8) is 0 Å². The van der Waals surface area contributed by atoms with Gasteiger partial charge in [0.2, 0.25) is 0 Å². The number of amides is 1. The number of hydrogen-bond donors (Lipinski definition) is 2. The van der Waals surface area contributed by atoms with E-state index >= 15 is 0 Å². The first kappa shape index (κ1) is 22.3. The number of aromatic hydroxyl groups is 1. The Bertz CT molecular complexity index is 1350. The summed E-state index contributed by atoms with van der Waals surface area (Å²) in [4.78, 5) is 12.3. The summed E-state index contributed by atoms with van der Waals surface area (Å²) < 4.78 is 5.55. The number of phenolic OH excluding ortho intramolecular Hbond substituents is 1. The van der Waals surface area contributed by atoms with Crippen LogP contribution in [-0.4, -0.2) is 24.4 Å². The summed E-state index contributed by atoms with van der Waals surface area (Å²) >= 11 is 0. The second-order valence-electron chi connectivity index (χ2n) is 8.43. The number of phenols is 1. The van der Waals surface area contributed by atoms with E-state index in [0.29, 0.717) is 19.6 Å². The van der Waals surface area contributed by atoms with Gasteiger partial charge in [-0.05, 0) is 57.6 Å². The maximum Gasteiger partial charge on any atom is 0.407 e. The van der Waals surface area contributed by atoms with E-state index in [-0.39, 0.29) is 11.7 Å². The van der Waals surface area contributed by atoms with E-state index in [1.165, 1.54) is 22.3 Å². The third kappa shape index (κ3) is 5.05. The summed E-state index contributed by atoms with van der Waals surface area (Å²) in [5.74, 6) is 6.52. The van der Waals surface area contributed by atoms with Crippen LogP contribution in [0.3, 0.4) is 0 Å². The second-order valence-corrected chi connectivity index (χ2v) is 8.43. The summed E-state index contributed by atoms with van der Waals surface area (Å²) in [6.07, 6.45) is 0.108. The van der Waals surface area contributed by atoms with E-state index in [0.717, 1.165) is 16.7 Å². The molecule has 0 radical (unpaired) electrons. The summed E-state index contributed by atoms with van der Waals surface area (Å²) in [7, 11) is 0. The van der Waals surface area contributed by atoms with Gasteiger partial charge in [-0.25, -0.2) is 4.79 Å². The fraction of sp³-hybridized carbons (Fsp3) is 0.129. The molecule has 0 saturated carbocycles. The van der Waals surface area contributed by atoms with Gasteiger partial charge in [0, 0.05) is 24.4 Å². The highest BCUT2D eigenvalue weighted by atomic mass is 16.5. The SMILES string of the molecule is O=C(NCCC#Cc1ccc(-c2ccc(O)cc2)cc1)OCC1c2ccccc2-c2ccccc21. The van der Waals surface area contributed by atoms with Crippen molar-refractivity contribution >= 4 is 6.09 Å². The minimum absolute atomic E-state index is 0.0532. The monoisotopic (exact) mass is 459 g/mol. The molecule has 0 saturated heterocycles. The smallest absolute Gasteiger partial charge is 0.407 e. The molecule has 0 unspecified atom stereocenters. The van der Waals surface area contributed by atoms with E-state index < -0.39 is 6.09 Å². The molecule has 4 heteroatoms. The molecule has 0 atom stereocenters. The maximum atomic E-state index is 12.3. The zero-order chi connectivity index (χ0) is 24.0. The molecule has 4 nitrogen and oxygen atoms in total. The third-order valence-electron chi connectivity index (χ3n) is 6.18. The topological polar surface area (TPSA) is 58.6 Å². The Labute approximate surface area is 205 Å². The van der Waals surface area contributed by atoms with Crippen LogP contribution in [0, 0.1) is 11.8 Å². The molecule has 1 amide bonds. The fourth-order valence-corrected chi connectivity index (χ4v) is 4.44. The molecular formula is C31H25NO3. The molecule has 0 fully saturated rings. The molecule has 0 spiro atoms. The molecule has 1 aliphatic rings. The molecule has 1 aliphatic carbocycles. The van der Waals surface area contributed by atoms with Crippen LogP contribution in [0.4, 0.5) is 4.79 Å². The lowest BCUT2D eigenvalue weighted by Gasteiger charge is -2.14. The molecule has 5 rings (SSSR count). The first-order chi connectivity index (χ1) is 17.2. The van der Waals surface area contributed by atoms with Crippen molar-refractivity contribution in [2.45, 2.75) is 12.3 Å². The lowest BCUT2D eigenvalue weighted by Crippen LogP contribution is -2.26. The highest BCUT2D eigenvalue weighted by Crippen LogP contribution is 2.44. The predicted octanol–water partition coefficient (Wildman–Crippen LogP) is 6.34. The quantitative estimate of drug-likeness (QED) is 0.270. The van der Waals surface area contributed by atoms with Gasteiger partial charge in [0.1, 0.15) is 12.4 Å². The van der Waals surface area contributed by atoms with E-state index in [1.807, 2.05) is 60.7 Å². The Balaban J connectivity index is 1.10. The number of alkyl carbamates (subject to hydrolysis) is 1. The highest BCUT2D eigenvalue weighted by molar-refractivity contribution is 5.79. The second kappa shape index (κ2) is 10.2. The van der Waals surface area contributed by atoms with Crippen LogP contribution in [0.15, 0.2) is 97.1 Å². The molecule has 0 heterocycles. The molecule has 0 aromatic heterocycles. The van der Waals surface area contributed by atoms with Gasteiger partial charge in [-0.2, -0.15) is 0 Å². The van der Waals surface area contributed by atoms with Crippen molar-refractivity contribution in [1.82, 2.24) is 5.32 Å². The van der Waals surface area contributed by atoms with Gasteiger partial charge in [-0.3, -0.25) is 0 Å². The van der Waals surface area contributed by atoms with Crippen molar-refractivity contribution in [1.29, 1.82) is 0 Å². The van der Waals surface area contributed by atoms with E-state index in [4.69, 9.17) is 4.74 Å². The summed E-state index contributed by atoms with van der Waals surface area (Å²) in [5, 5.41) is 12.2. The van der Waals surface area contributed by atoms with Gasteiger partial charge in [0.05, 0.1) is 0 Å². The van der Waals surface area contributed by atoms with Crippen LogP contribution in [0.25, 0.3) is 22.3 Å². The average molecular weight is 460 g/mol. The van der Waals surface area contributed by atoms with Crippen LogP contribution in [0.5, 0.6) is 5.75 Å². The fourth-order valence-electron chi connectivity index (χ4n) is 4.44. The molecule has 4 aromatic carbocycles. The number of ether oxygens (including phenoxy) is 1. The van der Waals surface area contributed by atoms with Crippen molar-refractivity contribution in [3.05, 3.63) is 114 Å². The molecule has 2 N–H and O–H groups in total. The van der Waals surface area contributed by atoms with Gasteiger partial charge in [-0.1, -0.05) is 84.6 Å². The largest absolute Gasteiger partial charge is 0.508 e. The van der Waals surface area contributed by atoms with Crippen molar-refractivity contribution in [2.75, 3.05) is 13.2 Å². The molecule has 35 heavy (non-hydrogen) atoms. The summed E-state index contributed by atoms with van der Waals surface area (Å²) in [6.45, 7) is 0.730. The van der Waals surface area contributed by atoms with Crippen LogP contribution in [0.2, 0.25) is 0 Å². The van der Waals surface area contributed by atoms with Crippen molar-refractivity contribution in [2.24, 2.45) is 0 Å². The van der Waals surface area contributed by atoms with Gasteiger partial charge < -0.3 is 15.2 Å². The van der Waals surface area contributed by atoms with Gasteiger partial charge in [0.25, 0.3) is 0 Å². The van der Waals surface area contributed by atoms with Gasteiger partial charge in [0.15, 0.2) is 0 Å². The Morgan fingerprint density at radius 1 is 0.800 bits per heavy atom. The van der Waals surface area contributed by atoms with Crippen LogP contribution in [0.1, 0.15) is 29.0 Å². The lowest BCUT2D eigenvalue weighted by molar-refractivity contribution is 0.143. The van der Waals surface area contributed by atoms with E-state index in [2.05, 4.69) is 41.4 Å². The number of fused-ring (bicyclic) bond motifs is 3. The number of benzene rings is 4. The van der Waals surface area contributed by atoms with Crippen LogP contribution in [-0.2, 0) is 4.74 Å². The van der Waals surface area contributed by atoms with Crippen molar-refractivity contribution < 1.29 is 14.6 Å². The number of carbonyl (C=O) groups is 1. The Morgan fingerprint density at radius 3 is 2.00 bits per heavy atom. The zero-order valence-electron chi connectivity index (χ0n) is 19.2. The first-order valence-corrected chi connectivity index (χ1v) is 11.7. The number of carbonyl (C=O) groups excluding carboxylic acids is 1. The minimum atomic E-state index is -0.424. The van der Waals surface area contributed by atoms with E-state index in [1.54, 1.807) is 12.1 Å². The number of rotatable bonds is 5. The highest BCUT2D eigenvalue weighted by Gasteiger charge is 2.28. The Morgan fingerprint density at radius 2 is 1.37 bits per heavy atom. The summed E-state index contributed by atoms with van der Waals surface area (Å²) in [5.41, 5.74) is 7.83. The summed E-state index contributed by atoms with van der Waals surface area (Å²) in [6, 6.07) is 31.6. The number of hydrogen-bond acceptors (Lipinski definition) is 3. The normalized spacial score (nSPS) is 11.7. The van der Waals surface area contributed by atoms with Crippen LogP contribution >= 0.6 is 0 Å². The average Bonchev–Trinajstić information content (AvgIpc) is 3.22. The molecule has 4 aromatic rings. The lowest BCUT2D eigenvalue weighted by atomic mass is 9.98. The number of nitrogens with one attached hydrogen (secondary N) is 1. The maximum absolute atomic E-state index is 12.3. The molecule has 0 aliphatic heterocycles.